The molecule has 0 radical (unpaired) electrons. The third kappa shape index (κ3) is 4.72. The number of nitrogens with zero attached hydrogens (tertiary/aromatic N) is 1. The van der Waals surface area contributed by atoms with Gasteiger partial charge in [0.15, 0.2) is 0 Å². The lowest BCUT2D eigenvalue weighted by Gasteiger charge is -2.22. The molecule has 5 heteroatoms. The summed E-state index contributed by atoms with van der Waals surface area (Å²) in [5, 5.41) is 6.40. The van der Waals surface area contributed by atoms with E-state index in [0.717, 1.165) is 29.8 Å². The van der Waals surface area contributed by atoms with E-state index in [9.17, 15) is 4.79 Å². The minimum absolute atomic E-state index is 0.0804. The van der Waals surface area contributed by atoms with Crippen LogP contribution in [0.15, 0.2) is 42.6 Å². The van der Waals surface area contributed by atoms with Crippen LogP contribution in [0.5, 0.6) is 5.75 Å². The van der Waals surface area contributed by atoms with Gasteiger partial charge in [-0.1, -0.05) is 37.5 Å². The van der Waals surface area contributed by atoms with Gasteiger partial charge >= 0.3 is 0 Å². The van der Waals surface area contributed by atoms with Gasteiger partial charge in [-0.2, -0.15) is 0 Å². The zero-order valence-corrected chi connectivity index (χ0v) is 14.6. The summed E-state index contributed by atoms with van der Waals surface area (Å²) in [6.07, 6.45) is 7.52. The fourth-order valence-corrected chi connectivity index (χ4v) is 3.19. The second-order valence-electron chi connectivity index (χ2n) is 6.41. The van der Waals surface area contributed by atoms with Gasteiger partial charge < -0.3 is 15.4 Å². The van der Waals surface area contributed by atoms with E-state index in [2.05, 4.69) is 15.6 Å². The van der Waals surface area contributed by atoms with Crippen molar-refractivity contribution in [3.63, 3.8) is 0 Å². The number of nitrogens with one attached hydrogen (secondary N) is 2. The van der Waals surface area contributed by atoms with Gasteiger partial charge in [0, 0.05) is 18.2 Å². The van der Waals surface area contributed by atoms with Gasteiger partial charge in [-0.3, -0.25) is 4.79 Å². The van der Waals surface area contributed by atoms with Crippen molar-refractivity contribution in [1.29, 1.82) is 0 Å². The second-order valence-corrected chi connectivity index (χ2v) is 6.41. The molecule has 1 aliphatic carbocycles. The van der Waals surface area contributed by atoms with Crippen molar-refractivity contribution in [3.05, 3.63) is 53.9 Å². The quantitative estimate of drug-likeness (QED) is 0.841. The maximum atomic E-state index is 12.3. The highest BCUT2D eigenvalue weighted by molar-refractivity contribution is 5.92. The molecule has 1 aliphatic rings. The van der Waals surface area contributed by atoms with Gasteiger partial charge in [0.25, 0.3) is 5.91 Å². The maximum Gasteiger partial charge on any atom is 0.270 e. The molecule has 1 heterocycles. The highest BCUT2D eigenvalue weighted by Crippen LogP contribution is 2.19. The van der Waals surface area contributed by atoms with Gasteiger partial charge in [-0.05, 0) is 31.0 Å². The summed E-state index contributed by atoms with van der Waals surface area (Å²) in [6, 6.07) is 11.8. The number of pyridine rings is 1. The summed E-state index contributed by atoms with van der Waals surface area (Å²) in [5.41, 5.74) is 2.41. The van der Waals surface area contributed by atoms with E-state index in [1.54, 1.807) is 19.4 Å². The fourth-order valence-electron chi connectivity index (χ4n) is 3.19. The Morgan fingerprint density at radius 1 is 1.16 bits per heavy atom. The molecule has 25 heavy (non-hydrogen) atoms. The molecule has 1 saturated carbocycles. The Morgan fingerprint density at radius 3 is 2.68 bits per heavy atom. The average molecular weight is 339 g/mol. The minimum atomic E-state index is -0.0804. The molecule has 1 aromatic heterocycles. The molecular weight excluding hydrogens is 314 g/mol. The molecule has 0 spiro atoms. The van der Waals surface area contributed by atoms with E-state index in [0.29, 0.717) is 18.3 Å². The predicted molar refractivity (Wildman–Crippen MR) is 98.9 cm³/mol. The Hall–Kier alpha value is -2.56. The summed E-state index contributed by atoms with van der Waals surface area (Å²) < 4.78 is 5.35. The molecule has 1 aromatic carbocycles. The number of ether oxygens (including phenoxy) is 1. The van der Waals surface area contributed by atoms with Crippen LogP contribution in [0.3, 0.4) is 0 Å². The normalized spacial score (nSPS) is 14.8. The summed E-state index contributed by atoms with van der Waals surface area (Å²) in [5.74, 6) is 0.773. The third-order valence-electron chi connectivity index (χ3n) is 4.61. The first-order chi connectivity index (χ1) is 12.3. The number of amides is 1. The number of rotatable bonds is 6. The first kappa shape index (κ1) is 17.3. The Morgan fingerprint density at radius 2 is 1.96 bits per heavy atom. The average Bonchev–Trinajstić information content (AvgIpc) is 2.67. The van der Waals surface area contributed by atoms with Gasteiger partial charge in [-0.25, -0.2) is 4.98 Å². The molecule has 2 aromatic rings. The Labute approximate surface area is 148 Å². The second kappa shape index (κ2) is 8.51. The van der Waals surface area contributed by atoms with Gasteiger partial charge in [0.1, 0.15) is 11.4 Å². The highest BCUT2D eigenvalue weighted by atomic mass is 16.5. The van der Waals surface area contributed by atoms with Gasteiger partial charge in [-0.15, -0.1) is 0 Å². The van der Waals surface area contributed by atoms with Crippen LogP contribution in [0, 0.1) is 0 Å². The number of benzene rings is 1. The molecule has 5 nitrogen and oxygen atoms in total. The standard InChI is InChI=1S/C20H25N3O2/c1-25-19-10-6-5-7-15(19)13-21-17-11-12-18(22-14-17)20(24)23-16-8-3-2-4-9-16/h5-7,10-12,14,16,21H,2-4,8-9,13H2,1H3,(H,23,24). The molecular formula is C20H25N3O2. The lowest BCUT2D eigenvalue weighted by atomic mass is 9.95. The molecule has 2 N–H and O–H groups in total. The van der Waals surface area contributed by atoms with E-state index >= 15 is 0 Å². The number of methoxy groups -OCH3 is 1. The number of hydrogen-bond donors (Lipinski definition) is 2. The van der Waals surface area contributed by atoms with Crippen LogP contribution in [-0.2, 0) is 6.54 Å². The van der Waals surface area contributed by atoms with Gasteiger partial charge in [0.2, 0.25) is 0 Å². The van der Waals surface area contributed by atoms with E-state index < -0.39 is 0 Å². The molecule has 3 rings (SSSR count). The van der Waals surface area contributed by atoms with Crippen LogP contribution in [0.4, 0.5) is 5.69 Å². The minimum Gasteiger partial charge on any atom is -0.496 e. The van der Waals surface area contributed by atoms with Crippen LogP contribution < -0.4 is 15.4 Å². The number of carbonyl (C=O) groups is 1. The molecule has 0 bridgehead atoms. The summed E-state index contributed by atoms with van der Waals surface area (Å²) >= 11 is 0. The maximum absolute atomic E-state index is 12.3. The number of hydrogen-bond acceptors (Lipinski definition) is 4. The summed E-state index contributed by atoms with van der Waals surface area (Å²) in [4.78, 5) is 16.6. The van der Waals surface area contributed by atoms with Crippen molar-refractivity contribution in [2.75, 3.05) is 12.4 Å². The molecule has 0 aliphatic heterocycles. The molecule has 0 atom stereocenters. The van der Waals surface area contributed by atoms with E-state index in [-0.39, 0.29) is 5.91 Å². The smallest absolute Gasteiger partial charge is 0.270 e. The van der Waals surface area contributed by atoms with Crippen molar-refractivity contribution in [1.82, 2.24) is 10.3 Å². The Balaban J connectivity index is 1.55. The van der Waals surface area contributed by atoms with E-state index in [1.165, 1.54) is 19.3 Å². The molecule has 0 unspecified atom stereocenters. The van der Waals surface area contributed by atoms with Crippen LogP contribution in [0.1, 0.15) is 48.2 Å². The van der Waals surface area contributed by atoms with Crippen LogP contribution in [0.25, 0.3) is 0 Å². The Kier molecular flexibility index (Phi) is 5.88. The lowest BCUT2D eigenvalue weighted by molar-refractivity contribution is 0.0922. The number of para-hydroxylation sites is 1. The zero-order chi connectivity index (χ0) is 17.5. The lowest BCUT2D eigenvalue weighted by Crippen LogP contribution is -2.36. The van der Waals surface area contributed by atoms with Crippen LogP contribution in [0.2, 0.25) is 0 Å². The predicted octanol–water partition coefficient (Wildman–Crippen LogP) is 3.76. The first-order valence-electron chi connectivity index (χ1n) is 8.89. The monoisotopic (exact) mass is 339 g/mol. The number of aromatic nitrogens is 1. The Bertz CT molecular complexity index is 694. The van der Waals surface area contributed by atoms with Crippen molar-refractivity contribution >= 4 is 11.6 Å². The van der Waals surface area contributed by atoms with E-state index in [4.69, 9.17) is 4.74 Å². The topological polar surface area (TPSA) is 63.2 Å². The number of carbonyl (C=O) groups excluding carboxylic acids is 1. The molecule has 1 amide bonds. The summed E-state index contributed by atoms with van der Waals surface area (Å²) in [7, 11) is 1.67. The number of anilines is 1. The molecule has 1 fully saturated rings. The largest absolute Gasteiger partial charge is 0.496 e. The third-order valence-corrected chi connectivity index (χ3v) is 4.61. The van der Waals surface area contributed by atoms with Crippen LogP contribution >= 0.6 is 0 Å². The van der Waals surface area contributed by atoms with Crippen molar-refractivity contribution in [2.24, 2.45) is 0 Å². The SMILES string of the molecule is COc1ccccc1CNc1ccc(C(=O)NC2CCCCC2)nc1. The zero-order valence-electron chi connectivity index (χ0n) is 14.6. The van der Waals surface area contributed by atoms with Crippen molar-refractivity contribution in [2.45, 2.75) is 44.7 Å². The fraction of sp³-hybridized carbons (Fsp3) is 0.400. The van der Waals surface area contributed by atoms with Gasteiger partial charge in [0.05, 0.1) is 19.0 Å². The van der Waals surface area contributed by atoms with Crippen LogP contribution in [-0.4, -0.2) is 24.0 Å². The van der Waals surface area contributed by atoms with Crippen molar-refractivity contribution < 1.29 is 9.53 Å². The first-order valence-corrected chi connectivity index (χ1v) is 8.89. The summed E-state index contributed by atoms with van der Waals surface area (Å²) in [6.45, 7) is 0.638. The molecule has 0 saturated heterocycles. The highest BCUT2D eigenvalue weighted by Gasteiger charge is 2.17. The van der Waals surface area contributed by atoms with E-state index in [1.807, 2.05) is 30.3 Å². The van der Waals surface area contributed by atoms with Crippen molar-refractivity contribution in [3.8, 4) is 5.75 Å². The molecule has 132 valence electrons.